The number of amides is 1. The minimum Gasteiger partial charge on any atom is -0.477 e. The van der Waals surface area contributed by atoms with Crippen LogP contribution in [0.5, 0.6) is 0 Å². The number of rotatable bonds is 4. The molecule has 0 saturated carbocycles. The molecule has 2 aromatic heterocycles. The van der Waals surface area contributed by atoms with E-state index in [1.54, 1.807) is 4.90 Å². The van der Waals surface area contributed by atoms with Crippen LogP contribution in [-0.2, 0) is 4.74 Å². The molecular formula is C17H23N5O4S. The second kappa shape index (κ2) is 7.55. The van der Waals surface area contributed by atoms with E-state index in [1.807, 2.05) is 26.8 Å². The zero-order chi connectivity index (χ0) is 19.6. The predicted octanol–water partition coefficient (Wildman–Crippen LogP) is 3.42. The van der Waals surface area contributed by atoms with Gasteiger partial charge in [0.05, 0.1) is 6.20 Å². The summed E-state index contributed by atoms with van der Waals surface area (Å²) in [4.78, 5) is 29.0. The van der Waals surface area contributed by atoms with Crippen LogP contribution in [0.25, 0.3) is 0 Å². The van der Waals surface area contributed by atoms with E-state index in [4.69, 9.17) is 9.84 Å². The highest BCUT2D eigenvalue weighted by Gasteiger charge is 2.28. The van der Waals surface area contributed by atoms with E-state index in [2.05, 4.69) is 20.5 Å². The monoisotopic (exact) mass is 393 g/mol. The first-order chi connectivity index (χ1) is 12.7. The van der Waals surface area contributed by atoms with Gasteiger partial charge in [-0.2, -0.15) is 5.10 Å². The third-order valence-corrected chi connectivity index (χ3v) is 5.04. The number of aromatic amines is 1. The number of hydrogen-bond acceptors (Lipinski definition) is 7. The molecular weight excluding hydrogens is 370 g/mol. The number of carboxylic acid groups (broad SMARTS) is 1. The zero-order valence-electron chi connectivity index (χ0n) is 15.5. The SMILES string of the molecule is CC(C)(C)OC(=O)N1CCC(c2cc(Nc3ncc(C(=O)O)s3)n[nH]2)CC1. The van der Waals surface area contributed by atoms with Crippen LogP contribution in [-0.4, -0.2) is 55.9 Å². The summed E-state index contributed by atoms with van der Waals surface area (Å²) in [6.07, 6.45) is 2.68. The van der Waals surface area contributed by atoms with Crippen molar-refractivity contribution >= 4 is 34.3 Å². The fraction of sp³-hybridized carbons (Fsp3) is 0.529. The van der Waals surface area contributed by atoms with Crippen LogP contribution in [0.3, 0.4) is 0 Å². The summed E-state index contributed by atoms with van der Waals surface area (Å²) in [6.45, 7) is 6.85. The van der Waals surface area contributed by atoms with Gasteiger partial charge in [-0.05, 0) is 33.6 Å². The highest BCUT2D eigenvalue weighted by Crippen LogP contribution is 2.30. The van der Waals surface area contributed by atoms with E-state index in [9.17, 15) is 9.59 Å². The first-order valence-electron chi connectivity index (χ1n) is 8.70. The minimum atomic E-state index is -1.000. The van der Waals surface area contributed by atoms with Crippen molar-refractivity contribution in [2.45, 2.75) is 45.1 Å². The molecule has 3 N–H and O–H groups in total. The molecule has 10 heteroatoms. The highest BCUT2D eigenvalue weighted by molar-refractivity contribution is 7.17. The van der Waals surface area contributed by atoms with Gasteiger partial charge in [0.15, 0.2) is 10.9 Å². The Morgan fingerprint density at radius 3 is 2.67 bits per heavy atom. The Kier molecular flexibility index (Phi) is 5.36. The Morgan fingerprint density at radius 2 is 2.07 bits per heavy atom. The number of ether oxygens (including phenoxy) is 1. The number of carboxylic acids is 1. The Balaban J connectivity index is 1.55. The molecule has 9 nitrogen and oxygen atoms in total. The largest absolute Gasteiger partial charge is 0.477 e. The number of carbonyl (C=O) groups excluding carboxylic acids is 1. The van der Waals surface area contributed by atoms with Crippen molar-refractivity contribution in [1.82, 2.24) is 20.1 Å². The lowest BCUT2D eigenvalue weighted by molar-refractivity contribution is 0.0204. The average molecular weight is 393 g/mol. The zero-order valence-corrected chi connectivity index (χ0v) is 16.3. The fourth-order valence-corrected chi connectivity index (χ4v) is 3.51. The number of nitrogens with zero attached hydrogens (tertiary/aromatic N) is 3. The van der Waals surface area contributed by atoms with Gasteiger partial charge in [-0.25, -0.2) is 14.6 Å². The molecule has 2 aromatic rings. The number of aromatic nitrogens is 3. The normalized spacial score (nSPS) is 15.6. The highest BCUT2D eigenvalue weighted by atomic mass is 32.1. The van der Waals surface area contributed by atoms with E-state index in [0.29, 0.717) is 24.0 Å². The first kappa shape index (κ1) is 19.2. The molecule has 1 saturated heterocycles. The fourth-order valence-electron chi connectivity index (χ4n) is 2.85. The lowest BCUT2D eigenvalue weighted by atomic mass is 9.94. The predicted molar refractivity (Wildman–Crippen MR) is 101 cm³/mol. The number of aromatic carboxylic acids is 1. The van der Waals surface area contributed by atoms with Crippen molar-refractivity contribution < 1.29 is 19.4 Å². The summed E-state index contributed by atoms with van der Waals surface area (Å²) in [7, 11) is 0. The number of anilines is 2. The Hall–Kier alpha value is -2.62. The maximum atomic E-state index is 12.1. The smallest absolute Gasteiger partial charge is 0.410 e. The molecule has 146 valence electrons. The molecule has 0 bridgehead atoms. The van der Waals surface area contributed by atoms with Crippen LogP contribution in [0.4, 0.5) is 15.7 Å². The molecule has 0 spiro atoms. The van der Waals surface area contributed by atoms with Gasteiger partial charge in [-0.15, -0.1) is 0 Å². The Labute approximate surface area is 160 Å². The summed E-state index contributed by atoms with van der Waals surface area (Å²) < 4.78 is 5.42. The van der Waals surface area contributed by atoms with Gasteiger partial charge in [0.1, 0.15) is 10.5 Å². The van der Waals surface area contributed by atoms with Crippen molar-refractivity contribution in [3.63, 3.8) is 0 Å². The molecule has 1 amide bonds. The van der Waals surface area contributed by atoms with E-state index >= 15 is 0 Å². The number of nitrogens with one attached hydrogen (secondary N) is 2. The number of piperidine rings is 1. The summed E-state index contributed by atoms with van der Waals surface area (Å²) in [5.41, 5.74) is 0.491. The van der Waals surface area contributed by atoms with Gasteiger partial charge in [-0.1, -0.05) is 11.3 Å². The standard InChI is InChI=1S/C17H23N5O4S/c1-17(2,3)26-16(25)22-6-4-10(5-7-22)11-8-13(21-20-11)19-15-18-9-12(27-15)14(23)24/h8-10H,4-7H2,1-3H3,(H,23,24)(H2,18,19,20,21). The van der Waals surface area contributed by atoms with Gasteiger partial charge >= 0.3 is 12.1 Å². The van der Waals surface area contributed by atoms with Crippen LogP contribution in [0.15, 0.2) is 12.3 Å². The van der Waals surface area contributed by atoms with Crippen molar-refractivity contribution in [2.24, 2.45) is 0 Å². The maximum Gasteiger partial charge on any atom is 0.410 e. The van der Waals surface area contributed by atoms with Crippen LogP contribution >= 0.6 is 11.3 Å². The second-order valence-corrected chi connectivity index (χ2v) is 8.44. The molecule has 3 heterocycles. The van der Waals surface area contributed by atoms with E-state index in [1.165, 1.54) is 6.20 Å². The number of carbonyl (C=O) groups is 2. The molecule has 0 atom stereocenters. The first-order valence-corrected chi connectivity index (χ1v) is 9.52. The lowest BCUT2D eigenvalue weighted by Crippen LogP contribution is -2.41. The Morgan fingerprint density at radius 1 is 1.37 bits per heavy atom. The van der Waals surface area contributed by atoms with Crippen LogP contribution < -0.4 is 5.32 Å². The number of hydrogen-bond donors (Lipinski definition) is 3. The molecule has 1 fully saturated rings. The van der Waals surface area contributed by atoms with Gasteiger partial charge in [0.2, 0.25) is 0 Å². The maximum absolute atomic E-state index is 12.1. The van der Waals surface area contributed by atoms with Crippen LogP contribution in [0.2, 0.25) is 0 Å². The van der Waals surface area contributed by atoms with E-state index in [0.717, 1.165) is 29.9 Å². The average Bonchev–Trinajstić information content (AvgIpc) is 3.23. The third kappa shape index (κ3) is 4.97. The molecule has 0 unspecified atom stereocenters. The summed E-state index contributed by atoms with van der Waals surface area (Å²) in [6, 6.07) is 1.90. The van der Waals surface area contributed by atoms with Gasteiger partial charge in [-0.3, -0.25) is 5.10 Å². The van der Waals surface area contributed by atoms with Gasteiger partial charge in [0, 0.05) is 30.8 Å². The van der Waals surface area contributed by atoms with E-state index in [-0.39, 0.29) is 16.9 Å². The van der Waals surface area contributed by atoms with Crippen LogP contribution in [0, 0.1) is 0 Å². The summed E-state index contributed by atoms with van der Waals surface area (Å²) in [5, 5.41) is 19.7. The molecule has 3 rings (SSSR count). The number of thiazole rings is 1. The quantitative estimate of drug-likeness (QED) is 0.728. The summed E-state index contributed by atoms with van der Waals surface area (Å²) in [5.74, 6) is -0.136. The topological polar surface area (TPSA) is 120 Å². The van der Waals surface area contributed by atoms with E-state index < -0.39 is 11.6 Å². The van der Waals surface area contributed by atoms with Crippen molar-refractivity contribution in [2.75, 3.05) is 18.4 Å². The van der Waals surface area contributed by atoms with Crippen molar-refractivity contribution in [3.05, 3.63) is 22.8 Å². The molecule has 0 aliphatic carbocycles. The van der Waals surface area contributed by atoms with Crippen LogP contribution in [0.1, 0.15) is 54.9 Å². The summed E-state index contributed by atoms with van der Waals surface area (Å²) >= 11 is 1.05. The van der Waals surface area contributed by atoms with Crippen molar-refractivity contribution in [3.8, 4) is 0 Å². The molecule has 1 aliphatic rings. The molecule has 27 heavy (non-hydrogen) atoms. The molecule has 0 aromatic carbocycles. The minimum absolute atomic E-state index is 0.169. The number of H-pyrrole nitrogens is 1. The molecule has 0 radical (unpaired) electrons. The van der Waals surface area contributed by atoms with Gasteiger partial charge in [0.25, 0.3) is 0 Å². The lowest BCUT2D eigenvalue weighted by Gasteiger charge is -2.33. The third-order valence-electron chi connectivity index (χ3n) is 4.14. The van der Waals surface area contributed by atoms with Gasteiger partial charge < -0.3 is 20.1 Å². The van der Waals surface area contributed by atoms with Crippen molar-refractivity contribution in [1.29, 1.82) is 0 Å². The number of likely N-dealkylation sites (tertiary alicyclic amines) is 1. The second-order valence-electron chi connectivity index (χ2n) is 7.41. The molecule has 1 aliphatic heterocycles. The Bertz CT molecular complexity index is 817.